The molecule has 1 atom stereocenters. The van der Waals surface area contributed by atoms with Gasteiger partial charge in [0.15, 0.2) is 0 Å². The van der Waals surface area contributed by atoms with Crippen molar-refractivity contribution in [3.05, 3.63) is 60.4 Å². The third kappa shape index (κ3) is 3.31. The van der Waals surface area contributed by atoms with E-state index in [9.17, 15) is 8.78 Å². The van der Waals surface area contributed by atoms with Crippen molar-refractivity contribution in [2.24, 2.45) is 0 Å². The molecule has 0 radical (unpaired) electrons. The van der Waals surface area contributed by atoms with E-state index >= 15 is 0 Å². The molecule has 146 valence electrons. The van der Waals surface area contributed by atoms with Gasteiger partial charge < -0.3 is 10.6 Å². The van der Waals surface area contributed by atoms with Crippen LogP contribution in [0, 0.1) is 11.6 Å². The van der Waals surface area contributed by atoms with Crippen LogP contribution in [0.4, 0.5) is 14.6 Å². The fourth-order valence-electron chi connectivity index (χ4n) is 3.67. The number of nitrogens with one attached hydrogen (secondary N) is 3. The number of aromatic nitrogens is 4. The summed E-state index contributed by atoms with van der Waals surface area (Å²) < 4.78 is 28.5. The summed E-state index contributed by atoms with van der Waals surface area (Å²) in [6.07, 6.45) is 4.33. The quantitative estimate of drug-likeness (QED) is 0.493. The smallest absolute Gasteiger partial charge is 0.145 e. The molecule has 0 saturated carbocycles. The van der Waals surface area contributed by atoms with Gasteiger partial charge in [-0.3, -0.25) is 10.1 Å². The fourth-order valence-corrected chi connectivity index (χ4v) is 3.67. The molecule has 2 aromatic heterocycles. The highest BCUT2D eigenvalue weighted by molar-refractivity contribution is 5.95. The Morgan fingerprint density at radius 2 is 1.93 bits per heavy atom. The minimum Gasteiger partial charge on any atom is -0.365 e. The van der Waals surface area contributed by atoms with Gasteiger partial charge in [-0.25, -0.2) is 13.8 Å². The van der Waals surface area contributed by atoms with E-state index in [1.807, 2.05) is 0 Å². The second-order valence-corrected chi connectivity index (χ2v) is 7.05. The van der Waals surface area contributed by atoms with Crippen LogP contribution >= 0.6 is 0 Å². The average molecular weight is 392 g/mol. The Morgan fingerprint density at radius 1 is 1.07 bits per heavy atom. The molecule has 0 spiro atoms. The van der Waals surface area contributed by atoms with E-state index < -0.39 is 11.6 Å². The molecule has 5 rings (SSSR count). The molecule has 3 N–H and O–H groups in total. The van der Waals surface area contributed by atoms with Crippen LogP contribution in [0.3, 0.4) is 0 Å². The number of benzene rings is 2. The van der Waals surface area contributed by atoms with Crippen LogP contribution in [0.2, 0.25) is 0 Å². The van der Waals surface area contributed by atoms with E-state index in [1.54, 1.807) is 30.6 Å². The van der Waals surface area contributed by atoms with Crippen LogP contribution in [-0.2, 0) is 0 Å². The topological polar surface area (TPSA) is 78.5 Å². The first kappa shape index (κ1) is 17.7. The predicted molar refractivity (Wildman–Crippen MR) is 107 cm³/mol. The maximum absolute atomic E-state index is 14.2. The number of nitrogens with zero attached hydrogens (tertiary/aromatic N) is 3. The molecule has 0 bridgehead atoms. The lowest BCUT2D eigenvalue weighted by molar-refractivity contribution is 0.589. The van der Waals surface area contributed by atoms with Gasteiger partial charge in [0.2, 0.25) is 0 Å². The largest absolute Gasteiger partial charge is 0.365 e. The van der Waals surface area contributed by atoms with Crippen molar-refractivity contribution in [1.82, 2.24) is 25.5 Å². The number of H-pyrrole nitrogens is 1. The zero-order valence-corrected chi connectivity index (χ0v) is 15.4. The van der Waals surface area contributed by atoms with Gasteiger partial charge in [0, 0.05) is 18.0 Å². The molecule has 1 aliphatic rings. The normalized spacial score (nSPS) is 16.4. The first-order valence-corrected chi connectivity index (χ1v) is 9.41. The van der Waals surface area contributed by atoms with Gasteiger partial charge in [-0.05, 0) is 42.8 Å². The maximum atomic E-state index is 14.2. The van der Waals surface area contributed by atoms with Gasteiger partial charge in [-0.1, -0.05) is 12.1 Å². The molecule has 3 heterocycles. The monoisotopic (exact) mass is 392 g/mol. The lowest BCUT2D eigenvalue weighted by Crippen LogP contribution is -2.22. The molecule has 29 heavy (non-hydrogen) atoms. The number of hydrogen-bond donors (Lipinski definition) is 3. The Labute approximate surface area is 165 Å². The molecule has 0 amide bonds. The van der Waals surface area contributed by atoms with Crippen LogP contribution in [0.15, 0.2) is 48.8 Å². The SMILES string of the molecule is Fc1cccc(F)c1-c1ccc2[nH]nc(-c3cncc(NC4CCNC4)n3)c2c1. The first-order chi connectivity index (χ1) is 14.2. The lowest BCUT2D eigenvalue weighted by atomic mass is 10.0. The van der Waals surface area contributed by atoms with Gasteiger partial charge in [0.25, 0.3) is 0 Å². The average Bonchev–Trinajstić information content (AvgIpc) is 3.37. The van der Waals surface area contributed by atoms with Crippen molar-refractivity contribution in [2.75, 3.05) is 18.4 Å². The molecule has 6 nitrogen and oxygen atoms in total. The van der Waals surface area contributed by atoms with Gasteiger partial charge in [0.05, 0.1) is 23.5 Å². The van der Waals surface area contributed by atoms with Crippen molar-refractivity contribution in [3.8, 4) is 22.5 Å². The summed E-state index contributed by atoms with van der Waals surface area (Å²) in [5.74, 6) is -0.542. The van der Waals surface area contributed by atoms with E-state index in [1.165, 1.54) is 18.2 Å². The molecular formula is C21H18F2N6. The summed E-state index contributed by atoms with van der Waals surface area (Å²) >= 11 is 0. The Morgan fingerprint density at radius 3 is 2.72 bits per heavy atom. The standard InChI is InChI=1S/C21H18F2N6/c22-15-2-1-3-16(23)20(15)12-4-5-17-14(8-12)21(29-28-17)18-10-25-11-19(27-18)26-13-6-7-24-9-13/h1-5,8,10-11,13,24H,6-7,9H2,(H,26,27)(H,28,29). The van der Waals surface area contributed by atoms with Gasteiger partial charge in [-0.2, -0.15) is 5.10 Å². The van der Waals surface area contributed by atoms with Crippen molar-refractivity contribution in [3.63, 3.8) is 0 Å². The zero-order valence-electron chi connectivity index (χ0n) is 15.4. The highest BCUT2D eigenvalue weighted by Gasteiger charge is 2.17. The number of fused-ring (bicyclic) bond motifs is 1. The van der Waals surface area contributed by atoms with Gasteiger partial charge >= 0.3 is 0 Å². The second-order valence-electron chi connectivity index (χ2n) is 7.05. The predicted octanol–water partition coefficient (Wildman–Crippen LogP) is 3.74. The van der Waals surface area contributed by atoms with E-state index in [2.05, 4.69) is 30.8 Å². The highest BCUT2D eigenvalue weighted by Crippen LogP contribution is 2.32. The van der Waals surface area contributed by atoms with Crippen LogP contribution in [-0.4, -0.2) is 39.3 Å². The molecule has 0 aliphatic carbocycles. The number of hydrogen-bond acceptors (Lipinski definition) is 5. The maximum Gasteiger partial charge on any atom is 0.145 e. The van der Waals surface area contributed by atoms with E-state index in [0.717, 1.165) is 30.4 Å². The van der Waals surface area contributed by atoms with Gasteiger partial charge in [0.1, 0.15) is 28.8 Å². The van der Waals surface area contributed by atoms with Gasteiger partial charge in [-0.15, -0.1) is 0 Å². The number of aromatic amines is 1. The Balaban J connectivity index is 1.56. The van der Waals surface area contributed by atoms with E-state index in [-0.39, 0.29) is 5.56 Å². The lowest BCUT2D eigenvalue weighted by Gasteiger charge is -2.12. The summed E-state index contributed by atoms with van der Waals surface area (Å²) in [5, 5.41) is 14.7. The molecule has 1 aliphatic heterocycles. The summed E-state index contributed by atoms with van der Waals surface area (Å²) in [6, 6.07) is 9.30. The van der Waals surface area contributed by atoms with E-state index in [4.69, 9.17) is 0 Å². The van der Waals surface area contributed by atoms with Crippen LogP contribution in [0.25, 0.3) is 33.4 Å². The highest BCUT2D eigenvalue weighted by atomic mass is 19.1. The minimum atomic E-state index is -0.606. The zero-order chi connectivity index (χ0) is 19.8. The molecule has 8 heteroatoms. The van der Waals surface area contributed by atoms with Crippen molar-refractivity contribution in [1.29, 1.82) is 0 Å². The van der Waals surface area contributed by atoms with E-state index in [0.29, 0.717) is 28.8 Å². The Bertz CT molecular complexity index is 1160. The molecule has 4 aromatic rings. The summed E-state index contributed by atoms with van der Waals surface area (Å²) in [7, 11) is 0. The minimum absolute atomic E-state index is 0.0585. The molecule has 1 saturated heterocycles. The van der Waals surface area contributed by atoms with Crippen molar-refractivity contribution < 1.29 is 8.78 Å². The summed E-state index contributed by atoms with van der Waals surface area (Å²) in [5.41, 5.74) is 2.30. The van der Waals surface area contributed by atoms with Crippen LogP contribution in [0.1, 0.15) is 6.42 Å². The summed E-state index contributed by atoms with van der Waals surface area (Å²) in [4.78, 5) is 8.91. The molecule has 2 aromatic carbocycles. The third-order valence-corrected chi connectivity index (χ3v) is 5.10. The third-order valence-electron chi connectivity index (χ3n) is 5.10. The van der Waals surface area contributed by atoms with Crippen molar-refractivity contribution in [2.45, 2.75) is 12.5 Å². The number of rotatable bonds is 4. The Kier molecular flexibility index (Phi) is 4.40. The Hall–Kier alpha value is -3.39. The van der Waals surface area contributed by atoms with Crippen LogP contribution < -0.4 is 10.6 Å². The molecule has 1 unspecified atom stereocenters. The number of halogens is 2. The van der Waals surface area contributed by atoms with Crippen LogP contribution in [0.5, 0.6) is 0 Å². The fraction of sp³-hybridized carbons (Fsp3) is 0.190. The summed E-state index contributed by atoms with van der Waals surface area (Å²) in [6.45, 7) is 1.86. The number of anilines is 1. The molecule has 1 fully saturated rings. The van der Waals surface area contributed by atoms with Crippen molar-refractivity contribution >= 4 is 16.7 Å². The molecular weight excluding hydrogens is 374 g/mol. The second kappa shape index (κ2) is 7.21. The first-order valence-electron chi connectivity index (χ1n) is 9.41.